The van der Waals surface area contributed by atoms with Crippen molar-refractivity contribution in [1.82, 2.24) is 5.32 Å². The molecule has 1 saturated carbocycles. The van der Waals surface area contributed by atoms with Crippen LogP contribution in [0, 0.1) is 17.8 Å². The fraction of sp³-hybridized carbons (Fsp3) is 0.308. The molecule has 1 heterocycles. The van der Waals surface area contributed by atoms with Crippen molar-refractivity contribution in [2.24, 2.45) is 23.5 Å². The number of nitrogens with zero attached hydrogens (tertiary/aromatic N) is 1. The van der Waals surface area contributed by atoms with E-state index in [1.54, 1.807) is 17.0 Å². The van der Waals surface area contributed by atoms with Crippen LogP contribution in [0.2, 0.25) is 10.0 Å². The second-order valence-corrected chi connectivity index (χ2v) is 13.6. The fourth-order valence-electron chi connectivity index (χ4n) is 6.77. The largest absolute Gasteiger partial charge is 0.369 e. The Balaban J connectivity index is 1.38. The number of benzene rings is 4. The molecule has 0 radical (unpaired) electrons. The van der Waals surface area contributed by atoms with Gasteiger partial charge in [0, 0.05) is 33.0 Å². The SMILES string of the molecule is CCCC[C@H](C(N)=O)[C@@H](CC1CC1)C(=O)N[C@@H]1C(=O)N(Cc2cccc(-c3ccc(Cl)cc3Cl)c2)c2ccccc2-c2ccccc21. The van der Waals surface area contributed by atoms with Crippen molar-refractivity contribution in [3.63, 3.8) is 0 Å². The van der Waals surface area contributed by atoms with Crippen molar-refractivity contribution >= 4 is 46.6 Å². The number of carbonyl (C=O) groups excluding carboxylic acids is 3. The predicted octanol–water partition coefficient (Wildman–Crippen LogP) is 8.74. The number of unbranched alkanes of at least 4 members (excludes halogenated alkanes) is 1. The molecule has 3 amide bonds. The Morgan fingerprint density at radius 1 is 0.894 bits per heavy atom. The number of hydrogen-bond acceptors (Lipinski definition) is 3. The molecule has 6 nitrogen and oxygen atoms in total. The van der Waals surface area contributed by atoms with Crippen molar-refractivity contribution in [3.05, 3.63) is 112 Å². The Morgan fingerprint density at radius 3 is 2.36 bits per heavy atom. The summed E-state index contributed by atoms with van der Waals surface area (Å²) < 4.78 is 0. The lowest BCUT2D eigenvalue weighted by atomic mass is 9.82. The zero-order valence-electron chi connectivity index (χ0n) is 26.4. The van der Waals surface area contributed by atoms with Crippen LogP contribution in [0.4, 0.5) is 5.69 Å². The Labute approximate surface area is 286 Å². The topological polar surface area (TPSA) is 92.5 Å². The zero-order valence-corrected chi connectivity index (χ0v) is 27.9. The number of halogens is 2. The molecule has 4 aromatic carbocycles. The summed E-state index contributed by atoms with van der Waals surface area (Å²) in [5.41, 5.74) is 11.8. The van der Waals surface area contributed by atoms with Crippen LogP contribution in [0.25, 0.3) is 22.3 Å². The van der Waals surface area contributed by atoms with Crippen LogP contribution >= 0.6 is 23.2 Å². The minimum Gasteiger partial charge on any atom is -0.369 e. The van der Waals surface area contributed by atoms with E-state index in [1.165, 1.54) is 0 Å². The Morgan fingerprint density at radius 2 is 1.64 bits per heavy atom. The van der Waals surface area contributed by atoms with E-state index < -0.39 is 23.8 Å². The van der Waals surface area contributed by atoms with E-state index in [9.17, 15) is 14.4 Å². The van der Waals surface area contributed by atoms with Gasteiger partial charge < -0.3 is 16.0 Å². The molecule has 242 valence electrons. The first-order valence-electron chi connectivity index (χ1n) is 16.4. The maximum atomic E-state index is 14.8. The molecule has 0 spiro atoms. The van der Waals surface area contributed by atoms with Gasteiger partial charge in [-0.3, -0.25) is 14.4 Å². The quantitative estimate of drug-likeness (QED) is 0.158. The van der Waals surface area contributed by atoms with Crippen LogP contribution in [-0.4, -0.2) is 17.7 Å². The van der Waals surface area contributed by atoms with E-state index in [1.807, 2.05) is 78.9 Å². The van der Waals surface area contributed by atoms with E-state index in [4.69, 9.17) is 28.9 Å². The summed E-state index contributed by atoms with van der Waals surface area (Å²) in [5.74, 6) is -1.78. The highest BCUT2D eigenvalue weighted by Crippen LogP contribution is 2.43. The normalized spacial score (nSPS) is 16.9. The van der Waals surface area contributed by atoms with E-state index in [0.717, 1.165) is 64.8 Å². The molecule has 3 N–H and O–H groups in total. The van der Waals surface area contributed by atoms with Crippen LogP contribution in [0.3, 0.4) is 0 Å². The molecule has 8 heteroatoms. The standard InChI is InChI=1S/C39H39Cl2N3O3/c1-2-3-11-32(37(42)45)33(21-24-16-17-24)38(46)43-36-31-14-5-4-12-29(31)30-13-6-7-15-35(30)44(39(36)47)23-25-9-8-10-26(20-25)28-19-18-27(40)22-34(28)41/h4-10,12-15,18-20,22,24,32-33,36H,2-3,11,16-17,21,23H2,1H3,(H2,42,45)(H,43,46)/t32-,33+,36-/m0/s1. The number of para-hydroxylation sites is 1. The molecule has 0 saturated heterocycles. The highest BCUT2D eigenvalue weighted by molar-refractivity contribution is 6.36. The monoisotopic (exact) mass is 667 g/mol. The molecule has 0 unspecified atom stereocenters. The van der Waals surface area contributed by atoms with Crippen LogP contribution in [0.5, 0.6) is 0 Å². The van der Waals surface area contributed by atoms with E-state index >= 15 is 0 Å². The Hall–Kier alpha value is -4.13. The number of carbonyl (C=O) groups is 3. The number of fused-ring (bicyclic) bond motifs is 3. The Bertz CT molecular complexity index is 1800. The van der Waals surface area contributed by atoms with Crippen molar-refractivity contribution in [1.29, 1.82) is 0 Å². The zero-order chi connectivity index (χ0) is 33.1. The summed E-state index contributed by atoms with van der Waals surface area (Å²) in [7, 11) is 0. The molecule has 4 aromatic rings. The van der Waals surface area contributed by atoms with Crippen molar-refractivity contribution in [3.8, 4) is 22.3 Å². The molecule has 3 atom stereocenters. The number of primary amides is 1. The van der Waals surface area contributed by atoms with Gasteiger partial charge in [0.05, 0.1) is 12.2 Å². The minimum absolute atomic E-state index is 0.250. The van der Waals surface area contributed by atoms with Crippen molar-refractivity contribution in [2.45, 2.75) is 58.0 Å². The van der Waals surface area contributed by atoms with Crippen LogP contribution in [0.1, 0.15) is 62.6 Å². The first kappa shape index (κ1) is 32.8. The molecule has 1 aliphatic carbocycles. The minimum atomic E-state index is -0.957. The van der Waals surface area contributed by atoms with Crippen molar-refractivity contribution < 1.29 is 14.4 Å². The van der Waals surface area contributed by atoms with Gasteiger partial charge in [-0.2, -0.15) is 0 Å². The van der Waals surface area contributed by atoms with Gasteiger partial charge in [0.25, 0.3) is 5.91 Å². The second-order valence-electron chi connectivity index (χ2n) is 12.7. The lowest BCUT2D eigenvalue weighted by molar-refractivity contribution is -0.136. The summed E-state index contributed by atoms with van der Waals surface area (Å²) in [6.45, 7) is 2.32. The van der Waals surface area contributed by atoms with Gasteiger partial charge in [-0.05, 0) is 65.3 Å². The van der Waals surface area contributed by atoms with Gasteiger partial charge in [-0.1, -0.05) is 123 Å². The predicted molar refractivity (Wildman–Crippen MR) is 189 cm³/mol. The molecule has 6 rings (SSSR count). The smallest absolute Gasteiger partial charge is 0.254 e. The number of nitrogens with two attached hydrogens (primary N) is 1. The fourth-order valence-corrected chi connectivity index (χ4v) is 7.28. The third-order valence-electron chi connectivity index (χ3n) is 9.41. The summed E-state index contributed by atoms with van der Waals surface area (Å²) in [5, 5.41) is 4.24. The third-order valence-corrected chi connectivity index (χ3v) is 9.95. The number of anilines is 1. The lowest BCUT2D eigenvalue weighted by Gasteiger charge is -2.29. The first-order valence-corrected chi connectivity index (χ1v) is 17.1. The molecule has 1 fully saturated rings. The maximum absolute atomic E-state index is 14.8. The number of amides is 3. The van der Waals surface area contributed by atoms with E-state index in [-0.39, 0.29) is 18.4 Å². The molecule has 0 aromatic heterocycles. The lowest BCUT2D eigenvalue weighted by Crippen LogP contribution is -2.46. The van der Waals surface area contributed by atoms with E-state index in [2.05, 4.69) is 12.2 Å². The average molecular weight is 669 g/mol. The highest BCUT2D eigenvalue weighted by atomic mass is 35.5. The molecular formula is C39H39Cl2N3O3. The molecular weight excluding hydrogens is 629 g/mol. The van der Waals surface area contributed by atoms with E-state index in [0.29, 0.717) is 28.8 Å². The average Bonchev–Trinajstić information content (AvgIpc) is 3.90. The maximum Gasteiger partial charge on any atom is 0.254 e. The van der Waals surface area contributed by atoms with Gasteiger partial charge in [-0.15, -0.1) is 0 Å². The third kappa shape index (κ3) is 7.24. The first-order chi connectivity index (χ1) is 22.7. The summed E-state index contributed by atoms with van der Waals surface area (Å²) in [6.07, 6.45) is 4.92. The molecule has 0 bridgehead atoms. The second kappa shape index (κ2) is 14.3. The van der Waals surface area contributed by atoms with Gasteiger partial charge in [0.1, 0.15) is 6.04 Å². The highest BCUT2D eigenvalue weighted by Gasteiger charge is 2.40. The summed E-state index contributed by atoms with van der Waals surface area (Å²) in [6, 6.07) is 27.9. The van der Waals surface area contributed by atoms with Gasteiger partial charge in [-0.25, -0.2) is 0 Å². The molecule has 2 aliphatic rings. The van der Waals surface area contributed by atoms with Crippen LogP contribution in [0.15, 0.2) is 91.0 Å². The summed E-state index contributed by atoms with van der Waals surface area (Å²) in [4.78, 5) is 43.4. The van der Waals surface area contributed by atoms with Crippen LogP contribution in [-0.2, 0) is 20.9 Å². The number of nitrogens with one attached hydrogen (secondary N) is 1. The van der Waals surface area contributed by atoms with Crippen LogP contribution < -0.4 is 16.0 Å². The summed E-state index contributed by atoms with van der Waals surface area (Å²) >= 11 is 12.7. The van der Waals surface area contributed by atoms with Gasteiger partial charge >= 0.3 is 0 Å². The molecule has 47 heavy (non-hydrogen) atoms. The van der Waals surface area contributed by atoms with Gasteiger partial charge in [0.2, 0.25) is 11.8 Å². The van der Waals surface area contributed by atoms with Crippen molar-refractivity contribution in [2.75, 3.05) is 4.90 Å². The number of rotatable bonds is 12. The molecule has 1 aliphatic heterocycles. The Kier molecular flexibility index (Phi) is 10.00. The van der Waals surface area contributed by atoms with Gasteiger partial charge in [0.15, 0.2) is 0 Å². The number of hydrogen-bond donors (Lipinski definition) is 2.